The summed E-state index contributed by atoms with van der Waals surface area (Å²) in [6, 6.07) is 4.89. The normalized spacial score (nSPS) is 18.3. The highest BCUT2D eigenvalue weighted by molar-refractivity contribution is 6.31. The van der Waals surface area contributed by atoms with E-state index in [0.29, 0.717) is 16.3 Å². The molecule has 0 fully saturated rings. The number of ether oxygens (including phenoxy) is 1. The molecule has 4 nitrogen and oxygen atoms in total. The minimum atomic E-state index is -0.873. The fourth-order valence-electron chi connectivity index (χ4n) is 1.59. The maximum Gasteiger partial charge on any atom is 0.322 e. The van der Waals surface area contributed by atoms with Gasteiger partial charge in [0.25, 0.3) is 0 Å². The Bertz CT molecular complexity index is 444. The predicted octanol–water partition coefficient (Wildman–Crippen LogP) is 1.55. The van der Waals surface area contributed by atoms with E-state index in [4.69, 9.17) is 11.6 Å². The van der Waals surface area contributed by atoms with Gasteiger partial charge < -0.3 is 10.1 Å². The molecule has 78 valence electrons. The largest absolute Gasteiger partial charge is 0.468 e. The van der Waals surface area contributed by atoms with Crippen molar-refractivity contribution in [1.29, 1.82) is 0 Å². The van der Waals surface area contributed by atoms with Crippen LogP contribution in [-0.4, -0.2) is 19.0 Å². The van der Waals surface area contributed by atoms with Crippen molar-refractivity contribution < 1.29 is 14.3 Å². The first kappa shape index (κ1) is 9.98. The highest BCUT2D eigenvalue weighted by Gasteiger charge is 2.37. The molecule has 0 bridgehead atoms. The molecule has 1 aromatic carbocycles. The minimum absolute atomic E-state index is 0.376. The molecule has 15 heavy (non-hydrogen) atoms. The van der Waals surface area contributed by atoms with Crippen molar-refractivity contribution in [1.82, 2.24) is 0 Å². The van der Waals surface area contributed by atoms with Crippen LogP contribution in [0.25, 0.3) is 0 Å². The Morgan fingerprint density at radius 3 is 2.93 bits per heavy atom. The lowest BCUT2D eigenvalue weighted by atomic mass is 10.0. The van der Waals surface area contributed by atoms with Crippen LogP contribution in [-0.2, 0) is 14.3 Å². The maximum absolute atomic E-state index is 11.5. The van der Waals surface area contributed by atoms with E-state index >= 15 is 0 Å². The van der Waals surface area contributed by atoms with E-state index in [1.807, 2.05) is 0 Å². The van der Waals surface area contributed by atoms with Gasteiger partial charge in [-0.1, -0.05) is 17.7 Å². The summed E-state index contributed by atoms with van der Waals surface area (Å²) >= 11 is 5.76. The van der Waals surface area contributed by atoms with Crippen LogP contribution in [0.4, 0.5) is 5.69 Å². The van der Waals surface area contributed by atoms with Gasteiger partial charge in [0, 0.05) is 10.7 Å². The first-order valence-electron chi connectivity index (χ1n) is 4.31. The second kappa shape index (κ2) is 3.55. The van der Waals surface area contributed by atoms with E-state index in [2.05, 4.69) is 10.1 Å². The predicted molar refractivity (Wildman–Crippen MR) is 54.8 cm³/mol. The Labute approximate surface area is 91.2 Å². The molecule has 1 amide bonds. The summed E-state index contributed by atoms with van der Waals surface area (Å²) < 4.78 is 4.56. The van der Waals surface area contributed by atoms with Crippen molar-refractivity contribution in [2.75, 3.05) is 12.4 Å². The SMILES string of the molecule is COC(=O)[C@H]1C(=O)Nc2cc(Cl)ccc21. The molecule has 0 aliphatic carbocycles. The van der Waals surface area contributed by atoms with Crippen molar-refractivity contribution in [2.45, 2.75) is 5.92 Å². The molecule has 0 spiro atoms. The van der Waals surface area contributed by atoms with Gasteiger partial charge in [-0.05, 0) is 17.7 Å². The zero-order valence-corrected chi connectivity index (χ0v) is 8.67. The highest BCUT2D eigenvalue weighted by atomic mass is 35.5. The number of esters is 1. The summed E-state index contributed by atoms with van der Waals surface area (Å²) in [5, 5.41) is 3.09. The summed E-state index contributed by atoms with van der Waals surface area (Å²) in [6.45, 7) is 0. The van der Waals surface area contributed by atoms with Crippen molar-refractivity contribution in [3.8, 4) is 0 Å². The van der Waals surface area contributed by atoms with Gasteiger partial charge in [-0.2, -0.15) is 0 Å². The maximum atomic E-state index is 11.5. The lowest BCUT2D eigenvalue weighted by molar-refractivity contribution is -0.144. The van der Waals surface area contributed by atoms with Crippen LogP contribution in [0.5, 0.6) is 0 Å². The fourth-order valence-corrected chi connectivity index (χ4v) is 1.76. The van der Waals surface area contributed by atoms with Gasteiger partial charge in [0.1, 0.15) is 0 Å². The van der Waals surface area contributed by atoms with E-state index in [9.17, 15) is 9.59 Å². The van der Waals surface area contributed by atoms with Crippen molar-refractivity contribution in [2.24, 2.45) is 0 Å². The summed E-state index contributed by atoms with van der Waals surface area (Å²) in [5.74, 6) is -1.81. The molecule has 0 saturated heterocycles. The number of fused-ring (bicyclic) bond motifs is 1. The quantitative estimate of drug-likeness (QED) is 0.583. The summed E-state index contributed by atoms with van der Waals surface area (Å²) in [6.07, 6.45) is 0. The van der Waals surface area contributed by atoms with Crippen LogP contribution in [0.2, 0.25) is 5.02 Å². The van der Waals surface area contributed by atoms with Crippen molar-refractivity contribution >= 4 is 29.2 Å². The molecule has 2 rings (SSSR count). The van der Waals surface area contributed by atoms with E-state index < -0.39 is 11.9 Å². The third-order valence-electron chi connectivity index (χ3n) is 2.28. The zero-order chi connectivity index (χ0) is 11.0. The van der Waals surface area contributed by atoms with Crippen molar-refractivity contribution in [3.05, 3.63) is 28.8 Å². The molecule has 1 aliphatic rings. The molecular weight excluding hydrogens is 218 g/mol. The summed E-state index contributed by atoms with van der Waals surface area (Å²) in [4.78, 5) is 22.8. The van der Waals surface area contributed by atoms with Gasteiger partial charge in [0.05, 0.1) is 7.11 Å². The average molecular weight is 226 g/mol. The lowest BCUT2D eigenvalue weighted by Crippen LogP contribution is -2.21. The molecule has 1 N–H and O–H groups in total. The molecule has 1 aliphatic heterocycles. The van der Waals surface area contributed by atoms with Gasteiger partial charge in [-0.3, -0.25) is 9.59 Å². The Hall–Kier alpha value is -1.55. The molecule has 0 saturated carbocycles. The Morgan fingerprint density at radius 2 is 2.27 bits per heavy atom. The van der Waals surface area contributed by atoms with Gasteiger partial charge in [-0.25, -0.2) is 0 Å². The van der Waals surface area contributed by atoms with E-state index in [1.165, 1.54) is 7.11 Å². The molecule has 0 unspecified atom stereocenters. The number of nitrogens with one attached hydrogen (secondary N) is 1. The number of carbonyl (C=O) groups is 2. The summed E-state index contributed by atoms with van der Waals surface area (Å²) in [5.41, 5.74) is 1.18. The minimum Gasteiger partial charge on any atom is -0.468 e. The monoisotopic (exact) mass is 225 g/mol. The fraction of sp³-hybridized carbons (Fsp3) is 0.200. The zero-order valence-electron chi connectivity index (χ0n) is 7.91. The lowest BCUT2D eigenvalue weighted by Gasteiger charge is -2.05. The van der Waals surface area contributed by atoms with Gasteiger partial charge in [-0.15, -0.1) is 0 Å². The second-order valence-electron chi connectivity index (χ2n) is 3.18. The van der Waals surface area contributed by atoms with Crippen LogP contribution >= 0.6 is 11.6 Å². The van der Waals surface area contributed by atoms with E-state index in [1.54, 1.807) is 18.2 Å². The number of halogens is 1. The molecule has 1 heterocycles. The number of amides is 1. The third kappa shape index (κ3) is 1.57. The topological polar surface area (TPSA) is 55.4 Å². The van der Waals surface area contributed by atoms with Crippen LogP contribution in [0.15, 0.2) is 18.2 Å². The summed E-state index contributed by atoms with van der Waals surface area (Å²) in [7, 11) is 1.25. The number of hydrogen-bond donors (Lipinski definition) is 1. The van der Waals surface area contributed by atoms with Crippen LogP contribution in [0, 0.1) is 0 Å². The molecule has 5 heteroatoms. The molecule has 0 aromatic heterocycles. The van der Waals surface area contributed by atoms with Gasteiger partial charge in [0.2, 0.25) is 5.91 Å². The molecule has 1 aromatic rings. The number of rotatable bonds is 1. The van der Waals surface area contributed by atoms with Crippen molar-refractivity contribution in [3.63, 3.8) is 0 Å². The third-order valence-corrected chi connectivity index (χ3v) is 2.52. The first-order chi connectivity index (χ1) is 7.13. The van der Waals surface area contributed by atoms with E-state index in [-0.39, 0.29) is 5.91 Å². The number of carbonyl (C=O) groups excluding carboxylic acids is 2. The van der Waals surface area contributed by atoms with Crippen LogP contribution in [0.1, 0.15) is 11.5 Å². The average Bonchev–Trinajstić information content (AvgIpc) is 2.52. The van der Waals surface area contributed by atoms with Gasteiger partial charge in [0.15, 0.2) is 5.92 Å². The van der Waals surface area contributed by atoms with Crippen LogP contribution < -0.4 is 5.32 Å². The molecular formula is C10H8ClNO3. The van der Waals surface area contributed by atoms with E-state index in [0.717, 1.165) is 0 Å². The Kier molecular flexibility index (Phi) is 2.36. The Balaban J connectivity index is 2.46. The van der Waals surface area contributed by atoms with Gasteiger partial charge >= 0.3 is 5.97 Å². The van der Waals surface area contributed by atoms with Crippen LogP contribution in [0.3, 0.4) is 0 Å². The highest BCUT2D eigenvalue weighted by Crippen LogP contribution is 2.34. The number of hydrogen-bond acceptors (Lipinski definition) is 3. The number of methoxy groups -OCH3 is 1. The second-order valence-corrected chi connectivity index (χ2v) is 3.61. The number of benzene rings is 1. The number of anilines is 1. The molecule has 1 atom stereocenters. The standard InChI is InChI=1S/C10H8ClNO3/c1-15-10(14)8-6-3-2-5(11)4-7(6)12-9(8)13/h2-4,8H,1H3,(H,12,13)/t8-/m1/s1. The Morgan fingerprint density at radius 1 is 1.53 bits per heavy atom. The smallest absolute Gasteiger partial charge is 0.322 e. The first-order valence-corrected chi connectivity index (χ1v) is 4.69. The molecule has 0 radical (unpaired) electrons.